The Kier molecular flexibility index (Phi) is 11.8. The zero-order valence-electron chi connectivity index (χ0n) is 18.1. The summed E-state index contributed by atoms with van der Waals surface area (Å²) in [6.07, 6.45) is 2.59. The molecular weight excluding hydrogens is 497 g/mol. The third-order valence-corrected chi connectivity index (χ3v) is 6.13. The summed E-state index contributed by atoms with van der Waals surface area (Å²) in [6, 6.07) is 10.4. The Bertz CT molecular complexity index is 633. The summed E-state index contributed by atoms with van der Waals surface area (Å²) in [5.74, 6) is 0.992. The molecule has 29 heavy (non-hydrogen) atoms. The fourth-order valence-electron chi connectivity index (χ4n) is 2.97. The second-order valence-corrected chi connectivity index (χ2v) is 9.05. The average molecular weight is 534 g/mol. The molecule has 1 aromatic rings. The van der Waals surface area contributed by atoms with Crippen LogP contribution in [0.15, 0.2) is 35.3 Å². The molecule has 1 heterocycles. The minimum atomic E-state index is 0. The first-order valence-corrected chi connectivity index (χ1v) is 11.3. The monoisotopic (exact) mass is 533 g/mol. The molecule has 0 bridgehead atoms. The molecule has 1 aliphatic rings. The SMILES string of the molecule is CCNC(=NCC(C)(C)SC)NCCC(=O)N1CCN(c2ccccc2)CC1.I. The van der Waals surface area contributed by atoms with E-state index in [0.717, 1.165) is 45.2 Å². The van der Waals surface area contributed by atoms with Crippen molar-refractivity contribution in [2.45, 2.75) is 31.9 Å². The van der Waals surface area contributed by atoms with Crippen LogP contribution >= 0.6 is 35.7 Å². The van der Waals surface area contributed by atoms with Crippen LogP contribution in [0.2, 0.25) is 0 Å². The van der Waals surface area contributed by atoms with E-state index in [0.29, 0.717) is 13.0 Å². The summed E-state index contributed by atoms with van der Waals surface area (Å²) >= 11 is 1.81. The number of guanidine groups is 1. The molecule has 0 spiro atoms. The van der Waals surface area contributed by atoms with Gasteiger partial charge in [-0.3, -0.25) is 9.79 Å². The lowest BCUT2D eigenvalue weighted by atomic mass is 10.2. The standard InChI is InChI=1S/C21H35N5OS.HI/c1-5-22-20(24-17-21(2,3)28-4)23-12-11-19(27)26-15-13-25(14-16-26)18-9-7-6-8-10-18;/h6-10H,5,11-17H2,1-4H3,(H2,22,23,24);1H. The first-order chi connectivity index (χ1) is 13.4. The van der Waals surface area contributed by atoms with Gasteiger partial charge in [-0.15, -0.1) is 24.0 Å². The van der Waals surface area contributed by atoms with E-state index in [1.807, 2.05) is 17.9 Å². The van der Waals surface area contributed by atoms with Crippen LogP contribution in [0, 0.1) is 0 Å². The summed E-state index contributed by atoms with van der Waals surface area (Å²) in [4.78, 5) is 21.5. The van der Waals surface area contributed by atoms with E-state index in [1.54, 1.807) is 11.8 Å². The van der Waals surface area contributed by atoms with Crippen LogP contribution in [0.3, 0.4) is 0 Å². The van der Waals surface area contributed by atoms with Crippen LogP contribution in [0.4, 0.5) is 5.69 Å². The van der Waals surface area contributed by atoms with Crippen molar-refractivity contribution in [1.82, 2.24) is 15.5 Å². The van der Waals surface area contributed by atoms with Crippen LogP contribution in [0.5, 0.6) is 0 Å². The van der Waals surface area contributed by atoms with Crippen molar-refractivity contribution in [1.29, 1.82) is 0 Å². The van der Waals surface area contributed by atoms with E-state index >= 15 is 0 Å². The van der Waals surface area contributed by atoms with Gasteiger partial charge in [0.2, 0.25) is 5.91 Å². The van der Waals surface area contributed by atoms with E-state index in [1.165, 1.54) is 5.69 Å². The number of hydrogen-bond acceptors (Lipinski definition) is 4. The number of carbonyl (C=O) groups excluding carboxylic acids is 1. The molecule has 1 aliphatic heterocycles. The van der Waals surface area contributed by atoms with Gasteiger partial charge in [0.05, 0.1) is 6.54 Å². The van der Waals surface area contributed by atoms with Gasteiger partial charge >= 0.3 is 0 Å². The number of amides is 1. The molecule has 164 valence electrons. The molecule has 2 N–H and O–H groups in total. The molecule has 8 heteroatoms. The molecule has 0 unspecified atom stereocenters. The maximum atomic E-state index is 12.5. The topological polar surface area (TPSA) is 60.0 Å². The first kappa shape index (κ1) is 25.9. The van der Waals surface area contributed by atoms with Crippen molar-refractivity contribution in [2.75, 3.05) is 57.0 Å². The fraction of sp³-hybridized carbons (Fsp3) is 0.619. The average Bonchev–Trinajstić information content (AvgIpc) is 2.72. The van der Waals surface area contributed by atoms with Gasteiger partial charge in [0, 0.05) is 56.1 Å². The Morgan fingerprint density at radius 3 is 2.38 bits per heavy atom. The van der Waals surface area contributed by atoms with Crippen molar-refractivity contribution >= 4 is 53.3 Å². The minimum Gasteiger partial charge on any atom is -0.368 e. The number of carbonyl (C=O) groups is 1. The Morgan fingerprint density at radius 2 is 1.79 bits per heavy atom. The molecule has 0 aliphatic carbocycles. The van der Waals surface area contributed by atoms with Gasteiger partial charge in [0.1, 0.15) is 0 Å². The largest absolute Gasteiger partial charge is 0.368 e. The Balaban J connectivity index is 0.00000420. The van der Waals surface area contributed by atoms with Gasteiger partial charge in [-0.05, 0) is 39.2 Å². The molecule has 1 fully saturated rings. The van der Waals surface area contributed by atoms with Gasteiger partial charge in [0.25, 0.3) is 0 Å². The van der Waals surface area contributed by atoms with Crippen LogP contribution in [-0.2, 0) is 4.79 Å². The highest BCUT2D eigenvalue weighted by Gasteiger charge is 2.21. The number of aliphatic imine (C=N–C) groups is 1. The molecule has 0 saturated carbocycles. The molecule has 0 radical (unpaired) electrons. The first-order valence-electron chi connectivity index (χ1n) is 10.1. The Hall–Kier alpha value is -1.16. The van der Waals surface area contributed by atoms with Crippen molar-refractivity contribution < 1.29 is 4.79 Å². The number of piperazine rings is 1. The second-order valence-electron chi connectivity index (χ2n) is 7.54. The van der Waals surface area contributed by atoms with Crippen molar-refractivity contribution in [3.8, 4) is 0 Å². The number of nitrogens with zero attached hydrogens (tertiary/aromatic N) is 3. The number of rotatable bonds is 8. The molecule has 6 nitrogen and oxygen atoms in total. The van der Waals surface area contributed by atoms with Crippen LogP contribution < -0.4 is 15.5 Å². The van der Waals surface area contributed by atoms with Crippen LogP contribution in [0.1, 0.15) is 27.2 Å². The maximum absolute atomic E-state index is 12.5. The lowest BCUT2D eigenvalue weighted by Crippen LogP contribution is -2.49. The predicted octanol–water partition coefficient (Wildman–Crippen LogP) is 3.04. The summed E-state index contributed by atoms with van der Waals surface area (Å²) in [6.45, 7) is 11.9. The van der Waals surface area contributed by atoms with E-state index in [9.17, 15) is 4.79 Å². The third kappa shape index (κ3) is 9.02. The fourth-order valence-corrected chi connectivity index (χ4v) is 3.17. The highest BCUT2D eigenvalue weighted by molar-refractivity contribution is 14.0. The minimum absolute atomic E-state index is 0. The molecule has 1 aromatic carbocycles. The van der Waals surface area contributed by atoms with Gasteiger partial charge < -0.3 is 20.4 Å². The number of benzene rings is 1. The van der Waals surface area contributed by atoms with E-state index in [2.05, 4.69) is 64.9 Å². The number of hydrogen-bond donors (Lipinski definition) is 2. The van der Waals surface area contributed by atoms with Crippen LogP contribution in [0.25, 0.3) is 0 Å². The summed E-state index contributed by atoms with van der Waals surface area (Å²) in [5, 5.41) is 6.55. The molecule has 1 saturated heterocycles. The molecular formula is C21H36IN5OS. The summed E-state index contributed by atoms with van der Waals surface area (Å²) < 4.78 is 0.108. The van der Waals surface area contributed by atoms with E-state index in [-0.39, 0.29) is 34.6 Å². The number of thioether (sulfide) groups is 1. The number of halogens is 1. The van der Waals surface area contributed by atoms with Crippen molar-refractivity contribution in [3.63, 3.8) is 0 Å². The van der Waals surface area contributed by atoms with Crippen LogP contribution in [-0.4, -0.2) is 73.6 Å². The zero-order valence-corrected chi connectivity index (χ0v) is 21.3. The summed E-state index contributed by atoms with van der Waals surface area (Å²) in [7, 11) is 0. The summed E-state index contributed by atoms with van der Waals surface area (Å²) in [5.41, 5.74) is 1.23. The zero-order chi connectivity index (χ0) is 20.4. The molecule has 0 atom stereocenters. The highest BCUT2D eigenvalue weighted by atomic mass is 127. The quantitative estimate of drug-likeness (QED) is 0.306. The smallest absolute Gasteiger partial charge is 0.224 e. The normalized spacial score (nSPS) is 15.0. The molecule has 1 amide bonds. The number of nitrogens with one attached hydrogen (secondary N) is 2. The second kappa shape index (κ2) is 13.2. The lowest BCUT2D eigenvalue weighted by molar-refractivity contribution is -0.131. The van der Waals surface area contributed by atoms with Gasteiger partial charge in [0.15, 0.2) is 5.96 Å². The number of anilines is 1. The third-order valence-electron chi connectivity index (χ3n) is 4.90. The van der Waals surface area contributed by atoms with Crippen molar-refractivity contribution in [2.24, 2.45) is 4.99 Å². The Labute approximate surface area is 197 Å². The van der Waals surface area contributed by atoms with Gasteiger partial charge in [-0.2, -0.15) is 11.8 Å². The van der Waals surface area contributed by atoms with Gasteiger partial charge in [-0.25, -0.2) is 0 Å². The highest BCUT2D eigenvalue weighted by Crippen LogP contribution is 2.21. The lowest BCUT2D eigenvalue weighted by Gasteiger charge is -2.36. The Morgan fingerprint density at radius 1 is 1.14 bits per heavy atom. The van der Waals surface area contributed by atoms with E-state index in [4.69, 9.17) is 0 Å². The predicted molar refractivity (Wildman–Crippen MR) is 137 cm³/mol. The van der Waals surface area contributed by atoms with Gasteiger partial charge in [-0.1, -0.05) is 18.2 Å². The molecule has 2 rings (SSSR count). The molecule has 0 aromatic heterocycles. The van der Waals surface area contributed by atoms with Crippen molar-refractivity contribution in [3.05, 3.63) is 30.3 Å². The van der Waals surface area contributed by atoms with E-state index < -0.39 is 0 Å². The maximum Gasteiger partial charge on any atom is 0.224 e. The number of para-hydroxylation sites is 1.